The molecule has 2 aromatic carbocycles. The van der Waals surface area contributed by atoms with E-state index < -0.39 is 5.60 Å². The van der Waals surface area contributed by atoms with Crippen molar-refractivity contribution in [3.05, 3.63) is 81.8 Å². The van der Waals surface area contributed by atoms with Crippen LogP contribution in [0.5, 0.6) is 5.75 Å². The van der Waals surface area contributed by atoms with Crippen molar-refractivity contribution in [1.29, 1.82) is 0 Å². The molecule has 1 aromatic heterocycles. The number of hydrogen-bond donors (Lipinski definition) is 1. The molecule has 5 nitrogen and oxygen atoms in total. The molecule has 1 fully saturated rings. The summed E-state index contributed by atoms with van der Waals surface area (Å²) in [5.74, 6) is 0.835. The maximum atomic E-state index is 12.8. The van der Waals surface area contributed by atoms with Crippen LogP contribution in [0.3, 0.4) is 0 Å². The minimum Gasteiger partial charge on any atom is -0.488 e. The van der Waals surface area contributed by atoms with Crippen LogP contribution in [-0.4, -0.2) is 34.0 Å². The molecule has 1 aliphatic heterocycles. The van der Waals surface area contributed by atoms with Crippen molar-refractivity contribution >= 4 is 17.2 Å². The predicted molar refractivity (Wildman–Crippen MR) is 118 cm³/mol. The molecular weight excluding hydrogens is 396 g/mol. The molecule has 3 aromatic rings. The van der Waals surface area contributed by atoms with Gasteiger partial charge in [-0.05, 0) is 44.0 Å². The third-order valence-electron chi connectivity index (χ3n) is 5.53. The lowest BCUT2D eigenvalue weighted by molar-refractivity contribution is 0.0209. The number of aryl methyl sites for hydroxylation is 1. The first-order chi connectivity index (χ1) is 14.5. The van der Waals surface area contributed by atoms with Gasteiger partial charge < -0.3 is 14.7 Å². The second-order valence-corrected chi connectivity index (χ2v) is 8.76. The van der Waals surface area contributed by atoms with Crippen molar-refractivity contribution in [1.82, 2.24) is 9.88 Å². The number of amides is 1. The molecule has 0 aliphatic carbocycles. The number of likely N-dealkylation sites (tertiary alicyclic amines) is 1. The number of aliphatic hydroxyl groups is 1. The lowest BCUT2D eigenvalue weighted by Crippen LogP contribution is -2.33. The first-order valence-electron chi connectivity index (χ1n) is 10.3. The molecule has 1 N–H and O–H groups in total. The van der Waals surface area contributed by atoms with Crippen molar-refractivity contribution in [3.8, 4) is 5.75 Å². The van der Waals surface area contributed by atoms with Gasteiger partial charge in [-0.15, -0.1) is 11.3 Å². The second-order valence-electron chi connectivity index (χ2n) is 7.67. The fraction of sp³-hybridized carbons (Fsp3) is 0.333. The van der Waals surface area contributed by atoms with Crippen LogP contribution >= 0.6 is 11.3 Å². The average molecular weight is 423 g/mol. The van der Waals surface area contributed by atoms with Crippen LogP contribution in [0.15, 0.2) is 60.7 Å². The zero-order valence-corrected chi connectivity index (χ0v) is 17.9. The Morgan fingerprint density at radius 2 is 1.80 bits per heavy atom. The molecule has 1 amide bonds. The number of nitrogens with zero attached hydrogens (tertiary/aromatic N) is 2. The Balaban J connectivity index is 1.44. The maximum Gasteiger partial charge on any atom is 0.253 e. The van der Waals surface area contributed by atoms with E-state index >= 15 is 0 Å². The largest absolute Gasteiger partial charge is 0.488 e. The standard InChI is InChI=1S/C24H26N2O3S/c1-18-21(17-29-20-11-6-3-7-12-20)30-23(25-18)24(28)13-8-15-26(16-14-24)22(27)19-9-4-2-5-10-19/h2-7,9-12,28H,8,13-17H2,1H3/t24-/m1/s1. The van der Waals surface area contributed by atoms with Crippen LogP contribution in [0, 0.1) is 6.92 Å². The number of rotatable bonds is 5. The SMILES string of the molecule is Cc1nc([C@@]2(O)CCCN(C(=O)c3ccccc3)CC2)sc1COc1ccccc1. The predicted octanol–water partition coefficient (Wildman–Crippen LogP) is 4.54. The van der Waals surface area contributed by atoms with Gasteiger partial charge in [0.2, 0.25) is 0 Å². The molecule has 4 rings (SSSR count). The van der Waals surface area contributed by atoms with Gasteiger partial charge in [0.15, 0.2) is 0 Å². The van der Waals surface area contributed by atoms with Gasteiger partial charge in [-0.3, -0.25) is 4.79 Å². The van der Waals surface area contributed by atoms with Crippen molar-refractivity contribution in [2.45, 2.75) is 38.4 Å². The van der Waals surface area contributed by atoms with E-state index in [1.807, 2.05) is 72.5 Å². The monoisotopic (exact) mass is 422 g/mol. The van der Waals surface area contributed by atoms with Gasteiger partial charge in [0.1, 0.15) is 23.0 Å². The van der Waals surface area contributed by atoms with Crippen LogP contribution in [0.25, 0.3) is 0 Å². The van der Waals surface area contributed by atoms with Crippen molar-refractivity contribution in [3.63, 3.8) is 0 Å². The van der Waals surface area contributed by atoms with E-state index in [-0.39, 0.29) is 5.91 Å². The van der Waals surface area contributed by atoms with Gasteiger partial charge in [-0.25, -0.2) is 4.98 Å². The van der Waals surface area contributed by atoms with E-state index in [1.165, 1.54) is 11.3 Å². The van der Waals surface area contributed by atoms with E-state index in [9.17, 15) is 9.90 Å². The molecule has 0 unspecified atom stereocenters. The molecule has 0 radical (unpaired) electrons. The summed E-state index contributed by atoms with van der Waals surface area (Å²) < 4.78 is 5.86. The summed E-state index contributed by atoms with van der Waals surface area (Å²) in [6, 6.07) is 19.0. The third kappa shape index (κ3) is 4.55. The Labute approximate surface area is 181 Å². The quantitative estimate of drug-likeness (QED) is 0.656. The van der Waals surface area contributed by atoms with E-state index in [4.69, 9.17) is 4.74 Å². The van der Waals surface area contributed by atoms with E-state index in [2.05, 4.69) is 4.98 Å². The summed E-state index contributed by atoms with van der Waals surface area (Å²) >= 11 is 1.51. The maximum absolute atomic E-state index is 12.8. The smallest absolute Gasteiger partial charge is 0.253 e. The number of thiazole rings is 1. The summed E-state index contributed by atoms with van der Waals surface area (Å²) in [4.78, 5) is 20.3. The van der Waals surface area contributed by atoms with Crippen LogP contribution in [0.1, 0.15) is 45.2 Å². The molecule has 6 heteroatoms. The number of carbonyl (C=O) groups excluding carboxylic acids is 1. The van der Waals surface area contributed by atoms with E-state index in [1.54, 1.807) is 0 Å². The Hall–Kier alpha value is -2.70. The highest BCUT2D eigenvalue weighted by Crippen LogP contribution is 2.37. The highest BCUT2D eigenvalue weighted by atomic mass is 32.1. The molecule has 2 heterocycles. The fourth-order valence-corrected chi connectivity index (χ4v) is 4.85. The number of para-hydroxylation sites is 1. The van der Waals surface area contributed by atoms with Gasteiger partial charge in [0, 0.05) is 25.1 Å². The number of benzene rings is 2. The molecule has 1 aliphatic rings. The van der Waals surface area contributed by atoms with Gasteiger partial charge in [-0.2, -0.15) is 0 Å². The van der Waals surface area contributed by atoms with Crippen molar-refractivity contribution < 1.29 is 14.6 Å². The van der Waals surface area contributed by atoms with Crippen LogP contribution in [0.4, 0.5) is 0 Å². The summed E-state index contributed by atoms with van der Waals surface area (Å²) in [5, 5.41) is 12.1. The minimum atomic E-state index is -1.01. The van der Waals surface area contributed by atoms with Gasteiger partial charge in [0.05, 0.1) is 10.6 Å². The summed E-state index contributed by atoms with van der Waals surface area (Å²) in [6.07, 6.45) is 1.82. The Bertz CT molecular complexity index is 990. The van der Waals surface area contributed by atoms with Crippen LogP contribution in [0.2, 0.25) is 0 Å². The first kappa shape index (κ1) is 20.6. The fourth-order valence-electron chi connectivity index (χ4n) is 3.73. The molecule has 1 atom stereocenters. The number of aromatic nitrogens is 1. The normalized spacial score (nSPS) is 19.3. The third-order valence-corrected chi connectivity index (χ3v) is 6.85. The van der Waals surface area contributed by atoms with Crippen LogP contribution < -0.4 is 4.74 Å². The molecule has 30 heavy (non-hydrogen) atoms. The lowest BCUT2D eigenvalue weighted by Gasteiger charge is -2.25. The van der Waals surface area contributed by atoms with Crippen molar-refractivity contribution in [2.24, 2.45) is 0 Å². The summed E-state index contributed by atoms with van der Waals surface area (Å²) in [5.41, 5.74) is 0.570. The highest BCUT2D eigenvalue weighted by Gasteiger charge is 2.36. The van der Waals surface area contributed by atoms with Gasteiger partial charge in [0.25, 0.3) is 5.91 Å². The average Bonchev–Trinajstić information content (AvgIpc) is 3.04. The topological polar surface area (TPSA) is 62.7 Å². The molecule has 156 valence electrons. The molecular formula is C24H26N2O3S. The highest BCUT2D eigenvalue weighted by molar-refractivity contribution is 7.11. The number of hydrogen-bond acceptors (Lipinski definition) is 5. The van der Waals surface area contributed by atoms with Gasteiger partial charge >= 0.3 is 0 Å². The summed E-state index contributed by atoms with van der Waals surface area (Å²) in [7, 11) is 0. The van der Waals surface area contributed by atoms with E-state index in [0.717, 1.165) is 27.7 Å². The van der Waals surface area contributed by atoms with E-state index in [0.29, 0.717) is 38.1 Å². The lowest BCUT2D eigenvalue weighted by atomic mass is 9.96. The molecule has 1 saturated heterocycles. The molecule has 0 saturated carbocycles. The zero-order valence-electron chi connectivity index (χ0n) is 17.1. The first-order valence-corrected chi connectivity index (χ1v) is 11.1. The van der Waals surface area contributed by atoms with Crippen molar-refractivity contribution in [2.75, 3.05) is 13.1 Å². The minimum absolute atomic E-state index is 0.0205. The Kier molecular flexibility index (Phi) is 6.16. The summed E-state index contributed by atoms with van der Waals surface area (Å²) in [6.45, 7) is 3.54. The number of ether oxygens (including phenoxy) is 1. The Morgan fingerprint density at radius 3 is 2.53 bits per heavy atom. The molecule has 0 spiro atoms. The zero-order chi connectivity index (χ0) is 21.0. The van der Waals surface area contributed by atoms with Gasteiger partial charge in [-0.1, -0.05) is 36.4 Å². The molecule has 0 bridgehead atoms. The Morgan fingerprint density at radius 1 is 1.10 bits per heavy atom. The second kappa shape index (κ2) is 8.98. The number of carbonyl (C=O) groups is 1. The van der Waals surface area contributed by atoms with Crippen LogP contribution in [-0.2, 0) is 12.2 Å².